The summed E-state index contributed by atoms with van der Waals surface area (Å²) in [5, 5.41) is 3.34. The zero-order chi connectivity index (χ0) is 14.9. The van der Waals surface area contributed by atoms with Crippen LogP contribution in [0, 0.1) is 5.92 Å². The summed E-state index contributed by atoms with van der Waals surface area (Å²) < 4.78 is 5.61. The van der Waals surface area contributed by atoms with Gasteiger partial charge in [-0.1, -0.05) is 30.3 Å². The summed E-state index contributed by atoms with van der Waals surface area (Å²) in [5.41, 5.74) is 1.17. The number of rotatable bonds is 8. The monoisotopic (exact) mass is 326 g/mol. The quantitative estimate of drug-likeness (QED) is 0.746. The highest BCUT2D eigenvalue weighted by Crippen LogP contribution is 2.14. The van der Waals surface area contributed by atoms with E-state index in [0.717, 1.165) is 19.5 Å². The van der Waals surface area contributed by atoms with Crippen molar-refractivity contribution in [2.45, 2.75) is 25.9 Å². The standard InChI is InChI=1S/C17H26N2O2.ClH/c1-19(17(20)8-7-15-9-10-18-13-15)11-12-21-14-16-5-3-2-4-6-16;/h2-6,15,18H,7-14H2,1H3;1H. The minimum atomic E-state index is 0. The summed E-state index contributed by atoms with van der Waals surface area (Å²) in [4.78, 5) is 13.8. The van der Waals surface area contributed by atoms with Gasteiger partial charge in [-0.3, -0.25) is 4.79 Å². The lowest BCUT2D eigenvalue weighted by Gasteiger charge is -2.18. The molecule has 0 bridgehead atoms. The van der Waals surface area contributed by atoms with Crippen molar-refractivity contribution in [1.29, 1.82) is 0 Å². The molecule has 0 spiro atoms. The fourth-order valence-electron chi connectivity index (χ4n) is 2.57. The fraction of sp³-hybridized carbons (Fsp3) is 0.588. The van der Waals surface area contributed by atoms with Gasteiger partial charge in [0.1, 0.15) is 0 Å². The van der Waals surface area contributed by atoms with E-state index in [1.54, 1.807) is 4.90 Å². The highest BCUT2D eigenvalue weighted by Gasteiger charge is 2.17. The third kappa shape index (κ3) is 6.77. The topological polar surface area (TPSA) is 41.6 Å². The summed E-state index contributed by atoms with van der Waals surface area (Å²) in [6.07, 6.45) is 2.86. The van der Waals surface area contributed by atoms with Crippen molar-refractivity contribution >= 4 is 18.3 Å². The van der Waals surface area contributed by atoms with Gasteiger partial charge in [-0.05, 0) is 37.4 Å². The number of hydrogen-bond acceptors (Lipinski definition) is 3. The van der Waals surface area contributed by atoms with Crippen molar-refractivity contribution in [2.24, 2.45) is 5.92 Å². The van der Waals surface area contributed by atoms with Crippen LogP contribution >= 0.6 is 12.4 Å². The maximum atomic E-state index is 12.0. The number of halogens is 1. The minimum Gasteiger partial charge on any atom is -0.375 e. The fourth-order valence-corrected chi connectivity index (χ4v) is 2.57. The second-order valence-corrected chi connectivity index (χ2v) is 5.75. The average Bonchev–Trinajstić information content (AvgIpc) is 3.03. The lowest BCUT2D eigenvalue weighted by Crippen LogP contribution is -2.30. The van der Waals surface area contributed by atoms with Crippen LogP contribution in [0.2, 0.25) is 0 Å². The Labute approximate surface area is 139 Å². The Kier molecular flexibility index (Phi) is 9.13. The molecule has 4 nitrogen and oxygen atoms in total. The number of nitrogens with one attached hydrogen (secondary N) is 1. The zero-order valence-corrected chi connectivity index (χ0v) is 14.1. The molecule has 1 unspecified atom stereocenters. The molecule has 0 radical (unpaired) electrons. The normalized spacial score (nSPS) is 17.0. The van der Waals surface area contributed by atoms with Gasteiger partial charge in [-0.25, -0.2) is 0 Å². The van der Waals surface area contributed by atoms with Crippen LogP contribution in [0.5, 0.6) is 0 Å². The average molecular weight is 327 g/mol. The van der Waals surface area contributed by atoms with Crippen molar-refractivity contribution in [3.8, 4) is 0 Å². The molecule has 0 aromatic heterocycles. The summed E-state index contributed by atoms with van der Waals surface area (Å²) in [6, 6.07) is 10.1. The SMILES string of the molecule is CN(CCOCc1ccccc1)C(=O)CCC1CCNC1.Cl. The van der Waals surface area contributed by atoms with Crippen molar-refractivity contribution in [1.82, 2.24) is 10.2 Å². The van der Waals surface area contributed by atoms with Crippen LogP contribution in [0.3, 0.4) is 0 Å². The van der Waals surface area contributed by atoms with E-state index in [0.29, 0.717) is 32.1 Å². The Morgan fingerprint density at radius 2 is 2.14 bits per heavy atom. The third-order valence-corrected chi connectivity index (χ3v) is 4.04. The molecule has 0 saturated carbocycles. The molecule has 5 heteroatoms. The van der Waals surface area contributed by atoms with Gasteiger partial charge < -0.3 is 15.0 Å². The minimum absolute atomic E-state index is 0. The smallest absolute Gasteiger partial charge is 0.222 e. The highest BCUT2D eigenvalue weighted by atomic mass is 35.5. The molecule has 2 rings (SSSR count). The largest absolute Gasteiger partial charge is 0.375 e. The van der Waals surface area contributed by atoms with Crippen molar-refractivity contribution in [2.75, 3.05) is 33.3 Å². The first-order valence-corrected chi connectivity index (χ1v) is 7.82. The summed E-state index contributed by atoms with van der Waals surface area (Å²) in [6.45, 7) is 4.02. The van der Waals surface area contributed by atoms with E-state index in [9.17, 15) is 4.79 Å². The van der Waals surface area contributed by atoms with E-state index in [4.69, 9.17) is 4.74 Å². The predicted molar refractivity (Wildman–Crippen MR) is 91.2 cm³/mol. The molecule has 0 aliphatic carbocycles. The van der Waals surface area contributed by atoms with E-state index in [1.165, 1.54) is 12.0 Å². The van der Waals surface area contributed by atoms with Gasteiger partial charge in [0.05, 0.1) is 13.2 Å². The molecule has 22 heavy (non-hydrogen) atoms. The highest BCUT2D eigenvalue weighted by molar-refractivity contribution is 5.85. The number of ether oxygens (including phenoxy) is 1. The maximum absolute atomic E-state index is 12.0. The van der Waals surface area contributed by atoms with Crippen LogP contribution in [-0.4, -0.2) is 44.1 Å². The molecule has 1 fully saturated rings. The van der Waals surface area contributed by atoms with Crippen LogP contribution < -0.4 is 5.32 Å². The van der Waals surface area contributed by atoms with E-state index < -0.39 is 0 Å². The van der Waals surface area contributed by atoms with Gasteiger partial charge in [0.15, 0.2) is 0 Å². The molecule has 1 aromatic rings. The number of carbonyl (C=O) groups excluding carboxylic acids is 1. The van der Waals surface area contributed by atoms with Crippen LogP contribution in [0.1, 0.15) is 24.8 Å². The Balaban J connectivity index is 0.00000242. The molecule has 1 saturated heterocycles. The Bertz CT molecular complexity index is 422. The Hall–Kier alpha value is -1.10. The molecule has 1 heterocycles. The molecule has 1 amide bonds. The molecule has 124 valence electrons. The number of carbonyl (C=O) groups is 1. The number of amides is 1. The summed E-state index contributed by atoms with van der Waals surface area (Å²) >= 11 is 0. The van der Waals surface area contributed by atoms with Crippen LogP contribution in [0.15, 0.2) is 30.3 Å². The van der Waals surface area contributed by atoms with Gasteiger partial charge in [0, 0.05) is 20.0 Å². The van der Waals surface area contributed by atoms with Gasteiger partial charge in [-0.2, -0.15) is 0 Å². The number of hydrogen-bond donors (Lipinski definition) is 1. The predicted octanol–water partition coefficient (Wildman–Crippen LogP) is 2.47. The maximum Gasteiger partial charge on any atom is 0.222 e. The lowest BCUT2D eigenvalue weighted by molar-refractivity contribution is -0.130. The first-order valence-electron chi connectivity index (χ1n) is 7.82. The van der Waals surface area contributed by atoms with Gasteiger partial charge in [0.2, 0.25) is 5.91 Å². The van der Waals surface area contributed by atoms with Crippen molar-refractivity contribution in [3.05, 3.63) is 35.9 Å². The van der Waals surface area contributed by atoms with Gasteiger partial charge in [0.25, 0.3) is 0 Å². The van der Waals surface area contributed by atoms with Gasteiger partial charge in [-0.15, -0.1) is 12.4 Å². The van der Waals surface area contributed by atoms with Gasteiger partial charge >= 0.3 is 0 Å². The first kappa shape index (κ1) is 18.9. The summed E-state index contributed by atoms with van der Waals surface area (Å²) in [5.74, 6) is 0.905. The second-order valence-electron chi connectivity index (χ2n) is 5.75. The van der Waals surface area contributed by atoms with Crippen molar-refractivity contribution in [3.63, 3.8) is 0 Å². The van der Waals surface area contributed by atoms with E-state index in [1.807, 2.05) is 37.4 Å². The summed E-state index contributed by atoms with van der Waals surface area (Å²) in [7, 11) is 1.86. The molecule has 1 aliphatic heterocycles. The number of benzene rings is 1. The van der Waals surface area contributed by atoms with E-state index in [2.05, 4.69) is 5.32 Å². The van der Waals surface area contributed by atoms with Crippen LogP contribution in [0.25, 0.3) is 0 Å². The molecular formula is C17H27ClN2O2. The Morgan fingerprint density at radius 1 is 1.36 bits per heavy atom. The molecule has 1 atom stereocenters. The molecular weight excluding hydrogens is 300 g/mol. The van der Waals surface area contributed by atoms with Crippen molar-refractivity contribution < 1.29 is 9.53 Å². The van der Waals surface area contributed by atoms with E-state index in [-0.39, 0.29) is 18.3 Å². The number of nitrogens with zero attached hydrogens (tertiary/aromatic N) is 1. The molecule has 1 N–H and O–H groups in total. The second kappa shape index (κ2) is 10.6. The Morgan fingerprint density at radius 3 is 2.82 bits per heavy atom. The van der Waals surface area contributed by atoms with Crippen LogP contribution in [-0.2, 0) is 16.1 Å². The number of likely N-dealkylation sites (N-methyl/N-ethyl adjacent to an activating group) is 1. The lowest BCUT2D eigenvalue weighted by atomic mass is 10.0. The van der Waals surface area contributed by atoms with Crippen LogP contribution in [0.4, 0.5) is 0 Å². The zero-order valence-electron chi connectivity index (χ0n) is 13.3. The first-order chi connectivity index (χ1) is 10.3. The molecule has 1 aromatic carbocycles. The third-order valence-electron chi connectivity index (χ3n) is 4.04. The van der Waals surface area contributed by atoms with E-state index >= 15 is 0 Å². The molecule has 1 aliphatic rings.